The van der Waals surface area contributed by atoms with Gasteiger partial charge in [0.2, 0.25) is 17.7 Å². The molecule has 180 valence electrons. The number of anilines is 1. The van der Waals surface area contributed by atoms with Crippen LogP contribution < -0.4 is 27.0 Å². The summed E-state index contributed by atoms with van der Waals surface area (Å²) in [5.41, 5.74) is 9.85. The summed E-state index contributed by atoms with van der Waals surface area (Å²) >= 11 is 0. The minimum absolute atomic E-state index is 0.0855. The fraction of sp³-hybridized carbons (Fsp3) is 0.423. The number of rotatable bonds is 9. The third-order valence-electron chi connectivity index (χ3n) is 6.56. The Morgan fingerprint density at radius 3 is 2.65 bits per heavy atom. The molecule has 0 unspecified atom stereocenters. The Hall–Kier alpha value is -3.23. The summed E-state index contributed by atoms with van der Waals surface area (Å²) in [7, 11) is 0. The van der Waals surface area contributed by atoms with Gasteiger partial charge in [-0.3, -0.25) is 14.4 Å². The lowest BCUT2D eigenvalue weighted by Gasteiger charge is -2.21. The number of amides is 3. The van der Waals surface area contributed by atoms with Crippen molar-refractivity contribution in [3.63, 3.8) is 0 Å². The summed E-state index contributed by atoms with van der Waals surface area (Å²) < 4.78 is 0. The second kappa shape index (κ2) is 11.3. The van der Waals surface area contributed by atoms with Crippen LogP contribution in [0.1, 0.15) is 36.0 Å². The highest BCUT2D eigenvalue weighted by Gasteiger charge is 2.32. The van der Waals surface area contributed by atoms with E-state index in [1.54, 1.807) is 0 Å². The molecule has 1 aliphatic heterocycles. The van der Waals surface area contributed by atoms with E-state index in [9.17, 15) is 14.4 Å². The predicted octanol–water partition coefficient (Wildman–Crippen LogP) is 1.04. The van der Waals surface area contributed by atoms with Gasteiger partial charge >= 0.3 is 0 Å². The topological polar surface area (TPSA) is 125 Å². The maximum Gasteiger partial charge on any atom is 0.246 e. The normalized spacial score (nSPS) is 19.8. The second-order valence-electron chi connectivity index (χ2n) is 9.08. The van der Waals surface area contributed by atoms with E-state index < -0.39 is 12.1 Å². The highest BCUT2D eigenvalue weighted by molar-refractivity contribution is 5.98. The van der Waals surface area contributed by atoms with Crippen LogP contribution in [0.15, 0.2) is 48.5 Å². The minimum Gasteiger partial charge on any atom is -0.351 e. The summed E-state index contributed by atoms with van der Waals surface area (Å²) in [4.78, 5) is 37.8. The Bertz CT molecular complexity index is 1030. The van der Waals surface area contributed by atoms with E-state index in [1.807, 2.05) is 42.5 Å². The molecule has 2 aromatic rings. The van der Waals surface area contributed by atoms with E-state index in [0.29, 0.717) is 25.8 Å². The molecule has 6 N–H and O–H groups in total. The number of hydrogen-bond donors (Lipinski definition) is 5. The molecule has 1 saturated heterocycles. The van der Waals surface area contributed by atoms with Crippen molar-refractivity contribution in [3.8, 4) is 0 Å². The Balaban J connectivity index is 1.40. The van der Waals surface area contributed by atoms with Crippen molar-refractivity contribution in [2.24, 2.45) is 5.73 Å². The van der Waals surface area contributed by atoms with Crippen molar-refractivity contribution >= 4 is 23.4 Å². The molecular weight excluding hydrogens is 430 g/mol. The van der Waals surface area contributed by atoms with Crippen molar-refractivity contribution in [1.82, 2.24) is 16.0 Å². The van der Waals surface area contributed by atoms with Crippen molar-refractivity contribution in [3.05, 3.63) is 65.2 Å². The quantitative estimate of drug-likeness (QED) is 0.380. The van der Waals surface area contributed by atoms with Gasteiger partial charge in [-0.15, -0.1) is 0 Å². The Morgan fingerprint density at radius 1 is 1.06 bits per heavy atom. The number of carbonyl (C=O) groups is 3. The zero-order valence-electron chi connectivity index (χ0n) is 19.3. The van der Waals surface area contributed by atoms with Gasteiger partial charge in [-0.2, -0.15) is 0 Å². The molecule has 0 spiro atoms. The van der Waals surface area contributed by atoms with Gasteiger partial charge in [-0.25, -0.2) is 0 Å². The van der Waals surface area contributed by atoms with Crippen LogP contribution in [0.25, 0.3) is 0 Å². The third-order valence-corrected chi connectivity index (χ3v) is 6.56. The first-order chi connectivity index (χ1) is 16.5. The van der Waals surface area contributed by atoms with Crippen molar-refractivity contribution < 1.29 is 14.4 Å². The van der Waals surface area contributed by atoms with Crippen LogP contribution >= 0.6 is 0 Å². The molecule has 2 aliphatic rings. The van der Waals surface area contributed by atoms with Crippen LogP contribution in [0, 0.1) is 0 Å². The SMILES string of the molecule is NCC(=O)N[C@H]1CN[C@H](C(=O)N[C@H](CCc2ccccc2)C(=O)Nc2ccc3c(c2)CCC3)C1. The maximum absolute atomic E-state index is 13.2. The van der Waals surface area contributed by atoms with E-state index in [0.717, 1.165) is 30.5 Å². The molecule has 0 aromatic heterocycles. The summed E-state index contributed by atoms with van der Waals surface area (Å²) in [5, 5.41) is 11.9. The molecule has 8 heteroatoms. The second-order valence-corrected chi connectivity index (χ2v) is 9.08. The first-order valence-corrected chi connectivity index (χ1v) is 12.0. The zero-order chi connectivity index (χ0) is 23.9. The van der Waals surface area contributed by atoms with Gasteiger partial charge in [0.15, 0.2) is 0 Å². The van der Waals surface area contributed by atoms with Gasteiger partial charge in [0, 0.05) is 18.3 Å². The van der Waals surface area contributed by atoms with Crippen LogP contribution in [0.5, 0.6) is 0 Å². The lowest BCUT2D eigenvalue weighted by Crippen LogP contribution is -2.50. The van der Waals surface area contributed by atoms with Crippen molar-refractivity contribution in [1.29, 1.82) is 0 Å². The van der Waals surface area contributed by atoms with Crippen LogP contribution in [-0.4, -0.2) is 48.9 Å². The first kappa shape index (κ1) is 23.9. The summed E-state index contributed by atoms with van der Waals surface area (Å²) in [5.74, 6) is -0.720. The monoisotopic (exact) mass is 463 g/mol. The third kappa shape index (κ3) is 6.21. The fourth-order valence-corrected chi connectivity index (χ4v) is 4.71. The number of nitrogens with two attached hydrogens (primary N) is 1. The smallest absolute Gasteiger partial charge is 0.246 e. The van der Waals surface area contributed by atoms with E-state index in [1.165, 1.54) is 11.1 Å². The largest absolute Gasteiger partial charge is 0.351 e. The Kier molecular flexibility index (Phi) is 7.92. The number of hydrogen-bond acceptors (Lipinski definition) is 5. The Labute approximate surface area is 200 Å². The van der Waals surface area contributed by atoms with Crippen LogP contribution in [0.4, 0.5) is 5.69 Å². The van der Waals surface area contributed by atoms with E-state index in [2.05, 4.69) is 27.3 Å². The number of carbonyl (C=O) groups excluding carboxylic acids is 3. The average Bonchev–Trinajstić information content (AvgIpc) is 3.51. The fourth-order valence-electron chi connectivity index (χ4n) is 4.71. The number of nitrogens with one attached hydrogen (secondary N) is 4. The van der Waals surface area contributed by atoms with Crippen molar-refractivity contribution in [2.45, 2.75) is 56.7 Å². The molecule has 8 nitrogen and oxygen atoms in total. The van der Waals surface area contributed by atoms with E-state index in [4.69, 9.17) is 5.73 Å². The van der Waals surface area contributed by atoms with Gasteiger partial charge in [0.05, 0.1) is 12.6 Å². The molecule has 3 atom stereocenters. The molecule has 4 rings (SSSR count). The Morgan fingerprint density at radius 2 is 1.85 bits per heavy atom. The van der Waals surface area contributed by atoms with Crippen LogP contribution in [0.3, 0.4) is 0 Å². The predicted molar refractivity (Wildman–Crippen MR) is 131 cm³/mol. The minimum atomic E-state index is -0.680. The standard InChI is InChI=1S/C26H33N5O3/c27-15-24(32)29-21-14-23(28-16-21)26(34)31-22(12-9-17-5-2-1-3-6-17)25(33)30-20-11-10-18-7-4-8-19(18)13-20/h1-3,5-6,10-11,13,21-23,28H,4,7-9,12,14-16,27H2,(H,29,32)(H,30,33)(H,31,34)/t21-,22-,23+/m1/s1. The van der Waals surface area contributed by atoms with Gasteiger partial charge in [-0.05, 0) is 67.3 Å². The molecule has 0 saturated carbocycles. The van der Waals surface area contributed by atoms with Gasteiger partial charge in [-0.1, -0.05) is 36.4 Å². The molecule has 2 aromatic carbocycles. The molecule has 0 radical (unpaired) electrons. The molecule has 34 heavy (non-hydrogen) atoms. The lowest BCUT2D eigenvalue weighted by molar-refractivity contribution is -0.127. The maximum atomic E-state index is 13.2. The molecule has 1 fully saturated rings. The number of aryl methyl sites for hydroxylation is 3. The van der Waals surface area contributed by atoms with Crippen LogP contribution in [0.2, 0.25) is 0 Å². The van der Waals surface area contributed by atoms with Gasteiger partial charge in [0.25, 0.3) is 0 Å². The van der Waals surface area contributed by atoms with E-state index >= 15 is 0 Å². The molecule has 1 heterocycles. The number of benzene rings is 2. The highest BCUT2D eigenvalue weighted by Crippen LogP contribution is 2.25. The zero-order valence-corrected chi connectivity index (χ0v) is 19.3. The van der Waals surface area contributed by atoms with Crippen LogP contribution in [-0.2, 0) is 33.6 Å². The summed E-state index contributed by atoms with van der Waals surface area (Å²) in [6.07, 6.45) is 4.85. The lowest BCUT2D eigenvalue weighted by atomic mass is 10.0. The molecule has 1 aliphatic carbocycles. The average molecular weight is 464 g/mol. The number of fused-ring (bicyclic) bond motifs is 1. The van der Waals surface area contributed by atoms with Gasteiger partial charge in [0.1, 0.15) is 6.04 Å². The van der Waals surface area contributed by atoms with E-state index in [-0.39, 0.29) is 30.3 Å². The molecule has 3 amide bonds. The highest BCUT2D eigenvalue weighted by atomic mass is 16.2. The summed E-state index contributed by atoms with van der Waals surface area (Å²) in [6, 6.07) is 14.6. The summed E-state index contributed by atoms with van der Waals surface area (Å²) in [6.45, 7) is 0.400. The molecule has 0 bridgehead atoms. The van der Waals surface area contributed by atoms with Crippen molar-refractivity contribution in [2.75, 3.05) is 18.4 Å². The van der Waals surface area contributed by atoms with Gasteiger partial charge < -0.3 is 27.0 Å². The molecular formula is C26H33N5O3. The first-order valence-electron chi connectivity index (χ1n) is 12.0.